The van der Waals surface area contributed by atoms with Crippen LogP contribution < -0.4 is 15.6 Å². The quantitative estimate of drug-likeness (QED) is 0.283. The van der Waals surface area contributed by atoms with Crippen LogP contribution in [0.15, 0.2) is 60.8 Å². The van der Waals surface area contributed by atoms with Crippen molar-refractivity contribution < 1.29 is 23.5 Å². The number of nitrogens with one attached hydrogen (secondary N) is 2. The van der Waals surface area contributed by atoms with Crippen molar-refractivity contribution >= 4 is 75.5 Å². The first-order valence-corrected chi connectivity index (χ1v) is 12.4. The minimum atomic E-state index is -1.10. The molecule has 0 unspecified atom stereocenters. The third-order valence-electron chi connectivity index (χ3n) is 5.39. The van der Waals surface area contributed by atoms with Gasteiger partial charge in [0.1, 0.15) is 11.9 Å². The summed E-state index contributed by atoms with van der Waals surface area (Å²) in [5.41, 5.74) is 3.96. The van der Waals surface area contributed by atoms with E-state index in [1.54, 1.807) is 19.1 Å². The summed E-state index contributed by atoms with van der Waals surface area (Å²) in [7, 11) is 0. The number of benzene rings is 2. The Hall–Kier alpha value is -3.80. The predicted molar refractivity (Wildman–Crippen MR) is 146 cm³/mol. The van der Waals surface area contributed by atoms with E-state index >= 15 is 0 Å². The van der Waals surface area contributed by atoms with Gasteiger partial charge in [-0.3, -0.25) is 19.9 Å². The van der Waals surface area contributed by atoms with Crippen molar-refractivity contribution in [3.05, 3.63) is 82.2 Å². The Bertz CT molecular complexity index is 1390. The highest BCUT2D eigenvalue weighted by molar-refractivity contribution is 7.80. The average molecular weight is 576 g/mol. The van der Waals surface area contributed by atoms with Crippen LogP contribution in [0.4, 0.5) is 21.6 Å². The molecule has 2 heterocycles. The number of nitrogens with zero attached hydrogens (tertiary/aromatic N) is 3. The Morgan fingerprint density at radius 1 is 1.13 bits per heavy atom. The molecule has 1 saturated heterocycles. The summed E-state index contributed by atoms with van der Waals surface area (Å²) >= 11 is 17.7. The number of esters is 1. The summed E-state index contributed by atoms with van der Waals surface area (Å²) in [5.74, 6) is -1.83. The van der Waals surface area contributed by atoms with Gasteiger partial charge in [0, 0.05) is 11.9 Å². The molecule has 38 heavy (non-hydrogen) atoms. The number of rotatable bonds is 8. The number of hydrogen-bond donors (Lipinski definition) is 2. The molecule has 1 aromatic heterocycles. The minimum absolute atomic E-state index is 0.00557. The van der Waals surface area contributed by atoms with Gasteiger partial charge in [-0.05, 0) is 73.7 Å². The lowest BCUT2D eigenvalue weighted by molar-refractivity contribution is -0.124. The van der Waals surface area contributed by atoms with Crippen LogP contribution in [0, 0.1) is 5.82 Å². The maximum absolute atomic E-state index is 13.5. The number of carbonyl (C=O) groups excluding carboxylic acids is 3. The Kier molecular flexibility index (Phi) is 8.40. The maximum Gasteiger partial charge on any atom is 0.338 e. The molecule has 3 aromatic rings. The molecule has 0 spiro atoms. The largest absolute Gasteiger partial charge is 0.462 e. The van der Waals surface area contributed by atoms with Gasteiger partial charge in [0.05, 0.1) is 34.3 Å². The number of aromatic nitrogens is 1. The van der Waals surface area contributed by atoms with Gasteiger partial charge in [0.15, 0.2) is 5.82 Å². The number of halogens is 3. The van der Waals surface area contributed by atoms with E-state index < -0.39 is 29.6 Å². The topological polar surface area (TPSA) is 104 Å². The van der Waals surface area contributed by atoms with E-state index in [9.17, 15) is 18.8 Å². The third-order valence-corrected chi connectivity index (χ3v) is 6.27. The molecule has 0 bridgehead atoms. The molecular weight excluding hydrogens is 556 g/mol. The first-order valence-electron chi connectivity index (χ1n) is 11.3. The van der Waals surface area contributed by atoms with Crippen LogP contribution in [0.5, 0.6) is 0 Å². The van der Waals surface area contributed by atoms with Crippen LogP contribution in [0.1, 0.15) is 23.7 Å². The van der Waals surface area contributed by atoms with E-state index in [0.29, 0.717) is 22.0 Å². The zero-order valence-electron chi connectivity index (χ0n) is 19.8. The molecular formula is C25H20Cl2FN5O4S. The summed E-state index contributed by atoms with van der Waals surface area (Å²) in [5, 5.41) is 4.47. The maximum atomic E-state index is 13.5. The third kappa shape index (κ3) is 6.01. The van der Waals surface area contributed by atoms with E-state index in [4.69, 9.17) is 40.2 Å². The highest BCUT2D eigenvalue weighted by Crippen LogP contribution is 2.30. The van der Waals surface area contributed by atoms with Gasteiger partial charge in [-0.1, -0.05) is 23.2 Å². The molecule has 196 valence electrons. The predicted octanol–water partition coefficient (Wildman–Crippen LogP) is 5.06. The van der Waals surface area contributed by atoms with Gasteiger partial charge in [-0.2, -0.15) is 0 Å². The molecule has 1 atom stereocenters. The standard InChI is InChI=1S/C25H20Cl2FN5O4S/c1-2-37-24(36)14-3-7-17(8-4-14)30-21(34)12-20-23(35)32(18-9-5-16(28)6-10-18)25(38)33(20)31-22-19(27)11-15(26)13-29-22/h3-11,13,20H,2,12H2,1H3,(H,29,31)(H,30,34)/t20-/m0/s1. The first-order chi connectivity index (χ1) is 18.2. The average Bonchev–Trinajstić information content (AvgIpc) is 3.10. The number of hydrogen-bond acceptors (Lipinski definition) is 7. The number of hydrazine groups is 1. The highest BCUT2D eigenvalue weighted by Gasteiger charge is 2.45. The molecule has 4 rings (SSSR count). The molecule has 0 radical (unpaired) electrons. The zero-order chi connectivity index (χ0) is 27.4. The summed E-state index contributed by atoms with van der Waals surface area (Å²) in [6, 6.07) is 11.7. The fourth-order valence-electron chi connectivity index (χ4n) is 3.63. The summed E-state index contributed by atoms with van der Waals surface area (Å²) in [6.45, 7) is 1.94. The monoisotopic (exact) mass is 575 g/mol. The smallest absolute Gasteiger partial charge is 0.338 e. The van der Waals surface area contributed by atoms with Crippen molar-refractivity contribution in [3.8, 4) is 0 Å². The Balaban J connectivity index is 1.56. The van der Waals surface area contributed by atoms with Gasteiger partial charge < -0.3 is 10.1 Å². The number of thiocarbonyl (C=S) groups is 1. The zero-order valence-corrected chi connectivity index (χ0v) is 22.1. The van der Waals surface area contributed by atoms with E-state index in [0.717, 1.165) is 0 Å². The van der Waals surface area contributed by atoms with Crippen LogP contribution in [0.2, 0.25) is 10.0 Å². The second kappa shape index (κ2) is 11.7. The van der Waals surface area contributed by atoms with Crippen LogP contribution in [-0.4, -0.2) is 45.5 Å². The molecule has 0 saturated carbocycles. The SMILES string of the molecule is CCOC(=O)c1ccc(NC(=O)C[C@H]2C(=O)N(c3ccc(F)cc3)C(=S)N2Nc2ncc(Cl)cc2Cl)cc1. The molecule has 2 N–H and O–H groups in total. The van der Waals surface area contributed by atoms with Crippen molar-refractivity contribution in [2.24, 2.45) is 0 Å². The molecule has 13 heteroatoms. The van der Waals surface area contributed by atoms with Crippen molar-refractivity contribution in [1.29, 1.82) is 0 Å². The van der Waals surface area contributed by atoms with Crippen molar-refractivity contribution in [1.82, 2.24) is 9.99 Å². The van der Waals surface area contributed by atoms with E-state index in [-0.39, 0.29) is 29.0 Å². The van der Waals surface area contributed by atoms with Gasteiger partial charge in [0.25, 0.3) is 5.91 Å². The number of amides is 2. The van der Waals surface area contributed by atoms with E-state index in [1.807, 2.05) is 0 Å². The fraction of sp³-hybridized carbons (Fsp3) is 0.160. The van der Waals surface area contributed by atoms with Crippen LogP contribution >= 0.6 is 35.4 Å². The van der Waals surface area contributed by atoms with Crippen molar-refractivity contribution in [3.63, 3.8) is 0 Å². The van der Waals surface area contributed by atoms with E-state index in [1.165, 1.54) is 58.6 Å². The molecule has 9 nitrogen and oxygen atoms in total. The number of ether oxygens (including phenoxy) is 1. The molecule has 0 aliphatic carbocycles. The molecule has 1 aliphatic heterocycles. The highest BCUT2D eigenvalue weighted by atomic mass is 35.5. The number of pyridine rings is 1. The lowest BCUT2D eigenvalue weighted by Crippen LogP contribution is -2.42. The lowest BCUT2D eigenvalue weighted by atomic mass is 10.1. The fourth-order valence-corrected chi connectivity index (χ4v) is 4.42. The lowest BCUT2D eigenvalue weighted by Gasteiger charge is -2.25. The van der Waals surface area contributed by atoms with Crippen LogP contribution in [0.3, 0.4) is 0 Å². The Labute approximate surface area is 232 Å². The summed E-state index contributed by atoms with van der Waals surface area (Å²) in [4.78, 5) is 43.6. The summed E-state index contributed by atoms with van der Waals surface area (Å²) < 4.78 is 18.5. The normalized spacial score (nSPS) is 15.0. The van der Waals surface area contributed by atoms with Gasteiger partial charge in [-0.25, -0.2) is 19.2 Å². The minimum Gasteiger partial charge on any atom is -0.462 e. The molecule has 2 aromatic carbocycles. The van der Waals surface area contributed by atoms with Gasteiger partial charge >= 0.3 is 5.97 Å². The Morgan fingerprint density at radius 2 is 1.82 bits per heavy atom. The van der Waals surface area contributed by atoms with Gasteiger partial charge in [-0.15, -0.1) is 0 Å². The van der Waals surface area contributed by atoms with Crippen LogP contribution in [0.25, 0.3) is 0 Å². The second-order valence-corrected chi connectivity index (χ2v) is 9.17. The Morgan fingerprint density at radius 3 is 2.45 bits per heavy atom. The van der Waals surface area contributed by atoms with Crippen molar-refractivity contribution in [2.45, 2.75) is 19.4 Å². The van der Waals surface area contributed by atoms with E-state index in [2.05, 4.69) is 15.7 Å². The molecule has 1 fully saturated rings. The number of carbonyl (C=O) groups is 3. The molecule has 2 amide bonds. The second-order valence-electron chi connectivity index (χ2n) is 7.96. The van der Waals surface area contributed by atoms with Crippen molar-refractivity contribution in [2.75, 3.05) is 22.2 Å². The van der Waals surface area contributed by atoms with Crippen LogP contribution in [-0.2, 0) is 14.3 Å². The van der Waals surface area contributed by atoms with Gasteiger partial charge in [0.2, 0.25) is 11.0 Å². The summed E-state index contributed by atoms with van der Waals surface area (Å²) in [6.07, 6.45) is 1.05. The first kappa shape index (κ1) is 27.2. The molecule has 1 aliphatic rings. The number of anilines is 3.